The number of allylic oxidation sites excluding steroid dienone is 1. The van der Waals surface area contributed by atoms with E-state index in [9.17, 15) is 4.55 Å². The third kappa shape index (κ3) is 2.60. The van der Waals surface area contributed by atoms with Crippen LogP contribution in [0.25, 0.3) is 6.08 Å². The van der Waals surface area contributed by atoms with Crippen molar-refractivity contribution in [1.82, 2.24) is 0 Å². The summed E-state index contributed by atoms with van der Waals surface area (Å²) >= 11 is -0.891. The first-order chi connectivity index (χ1) is 9.24. The first kappa shape index (κ1) is 12.5. The summed E-state index contributed by atoms with van der Waals surface area (Å²) in [6, 6.07) is 16.7. The summed E-state index contributed by atoms with van der Waals surface area (Å²) in [6.07, 6.45) is 7.20. The molecule has 1 aliphatic carbocycles. The van der Waals surface area contributed by atoms with Crippen molar-refractivity contribution in [2.45, 2.75) is 17.2 Å². The fourth-order valence-corrected chi connectivity index (χ4v) is 3.09. The molecule has 96 valence electrons. The summed E-state index contributed by atoms with van der Waals surface area (Å²) in [7, 11) is 0. The summed E-state index contributed by atoms with van der Waals surface area (Å²) < 4.78 is 11.4. The van der Waals surface area contributed by atoms with E-state index < -0.39 is 11.2 Å². The second-order valence-electron chi connectivity index (χ2n) is 4.90. The molecule has 1 nitrogen and oxygen atoms in total. The Bertz CT molecular complexity index is 599. The molecule has 0 heterocycles. The predicted octanol–water partition coefficient (Wildman–Crippen LogP) is 3.78. The molecule has 2 heteroatoms. The van der Waals surface area contributed by atoms with E-state index in [1.165, 1.54) is 16.7 Å². The molecule has 0 saturated heterocycles. The molecule has 2 atom stereocenters. The Morgan fingerprint density at radius 2 is 1.79 bits per heavy atom. The summed E-state index contributed by atoms with van der Waals surface area (Å²) in [4.78, 5) is 0.895. The van der Waals surface area contributed by atoms with Gasteiger partial charge >= 0.3 is 0 Å². The average Bonchev–Trinajstić information content (AvgIpc) is 2.83. The monoisotopic (exact) mass is 268 g/mol. The van der Waals surface area contributed by atoms with Crippen LogP contribution in [0.4, 0.5) is 0 Å². The van der Waals surface area contributed by atoms with Gasteiger partial charge < -0.3 is 4.55 Å². The van der Waals surface area contributed by atoms with Crippen molar-refractivity contribution < 1.29 is 4.55 Å². The molecule has 0 saturated carbocycles. The van der Waals surface area contributed by atoms with Crippen LogP contribution < -0.4 is 0 Å². The Morgan fingerprint density at radius 3 is 2.53 bits per heavy atom. The van der Waals surface area contributed by atoms with Gasteiger partial charge in [0.05, 0.1) is 0 Å². The van der Waals surface area contributed by atoms with Crippen molar-refractivity contribution in [2.75, 3.05) is 6.26 Å². The maximum absolute atomic E-state index is 11.4. The largest absolute Gasteiger partial charge is 0.612 e. The fourth-order valence-electron chi connectivity index (χ4n) is 2.57. The van der Waals surface area contributed by atoms with Gasteiger partial charge in [-0.2, -0.15) is 0 Å². The van der Waals surface area contributed by atoms with Gasteiger partial charge in [0.1, 0.15) is 6.26 Å². The molecular weight excluding hydrogens is 252 g/mol. The lowest BCUT2D eigenvalue weighted by atomic mass is 9.94. The number of rotatable bonds is 3. The maximum Gasteiger partial charge on any atom is 0.152 e. The minimum absolute atomic E-state index is 0.467. The highest BCUT2D eigenvalue weighted by molar-refractivity contribution is 7.90. The highest BCUT2D eigenvalue weighted by Crippen LogP contribution is 2.32. The second kappa shape index (κ2) is 5.24. The van der Waals surface area contributed by atoms with Gasteiger partial charge in [-0.15, -0.1) is 0 Å². The Hall–Kier alpha value is -1.51. The van der Waals surface area contributed by atoms with Crippen LogP contribution in [0, 0.1) is 0 Å². The second-order valence-corrected chi connectivity index (χ2v) is 6.28. The van der Waals surface area contributed by atoms with E-state index in [0.717, 1.165) is 11.3 Å². The Balaban J connectivity index is 1.78. The Labute approximate surface area is 117 Å². The number of benzene rings is 2. The van der Waals surface area contributed by atoms with Crippen LogP contribution >= 0.6 is 0 Å². The molecule has 0 fully saturated rings. The summed E-state index contributed by atoms with van der Waals surface area (Å²) in [6.45, 7) is 0. The van der Waals surface area contributed by atoms with Crippen LogP contribution in [-0.4, -0.2) is 10.8 Å². The van der Waals surface area contributed by atoms with Crippen LogP contribution in [0.2, 0.25) is 0 Å². The summed E-state index contributed by atoms with van der Waals surface area (Å²) in [5.74, 6) is 0.467. The molecule has 0 spiro atoms. The van der Waals surface area contributed by atoms with E-state index >= 15 is 0 Å². The van der Waals surface area contributed by atoms with Crippen LogP contribution in [-0.2, 0) is 17.6 Å². The molecular formula is C17H16OS. The molecule has 1 aliphatic rings. The Kier molecular flexibility index (Phi) is 3.45. The minimum atomic E-state index is -0.891. The summed E-state index contributed by atoms with van der Waals surface area (Å²) in [5.41, 5.74) is 4.03. The van der Waals surface area contributed by atoms with Crippen molar-refractivity contribution in [3.63, 3.8) is 0 Å². The van der Waals surface area contributed by atoms with E-state index in [1.54, 1.807) is 6.26 Å². The molecule has 0 N–H and O–H groups in total. The van der Waals surface area contributed by atoms with Gasteiger partial charge in [0.2, 0.25) is 0 Å². The predicted molar refractivity (Wildman–Crippen MR) is 80.7 cm³/mol. The standard InChI is InChI=1S/C17H16OS/c1-19(18)16-10-6-13(7-11-16)12-15-9-8-14-4-2-3-5-17(14)15/h2-11,15H,12H2,1H3. The van der Waals surface area contributed by atoms with Gasteiger partial charge in [0, 0.05) is 5.92 Å². The van der Waals surface area contributed by atoms with Gasteiger partial charge in [0.25, 0.3) is 0 Å². The third-order valence-corrected chi connectivity index (χ3v) is 4.55. The zero-order chi connectivity index (χ0) is 13.2. The van der Waals surface area contributed by atoms with Crippen LogP contribution in [0.15, 0.2) is 59.5 Å². The molecule has 2 aromatic rings. The number of fused-ring (bicyclic) bond motifs is 1. The van der Waals surface area contributed by atoms with Gasteiger partial charge in [0.15, 0.2) is 4.90 Å². The smallest absolute Gasteiger partial charge is 0.152 e. The topological polar surface area (TPSA) is 23.1 Å². The van der Waals surface area contributed by atoms with Crippen molar-refractivity contribution in [3.05, 3.63) is 71.3 Å². The first-order valence-electron chi connectivity index (χ1n) is 6.43. The molecule has 2 aromatic carbocycles. The van der Waals surface area contributed by atoms with E-state index in [4.69, 9.17) is 0 Å². The average molecular weight is 268 g/mol. The molecule has 0 aromatic heterocycles. The zero-order valence-corrected chi connectivity index (χ0v) is 11.7. The van der Waals surface area contributed by atoms with Gasteiger partial charge in [-0.25, -0.2) is 0 Å². The van der Waals surface area contributed by atoms with E-state index in [1.807, 2.05) is 12.1 Å². The van der Waals surface area contributed by atoms with Gasteiger partial charge in [-0.3, -0.25) is 0 Å². The molecule has 0 radical (unpaired) electrons. The fraction of sp³-hybridized carbons (Fsp3) is 0.176. The lowest BCUT2D eigenvalue weighted by molar-refractivity contribution is 0.601. The summed E-state index contributed by atoms with van der Waals surface area (Å²) in [5, 5.41) is 0. The quantitative estimate of drug-likeness (QED) is 0.777. The molecule has 0 bridgehead atoms. The van der Waals surface area contributed by atoms with Gasteiger partial charge in [-0.05, 0) is 46.4 Å². The third-order valence-electron chi connectivity index (χ3n) is 3.61. The SMILES string of the molecule is C[S+]([O-])c1ccc(CC2C=Cc3ccccc32)cc1. The van der Waals surface area contributed by atoms with Crippen molar-refractivity contribution in [2.24, 2.45) is 0 Å². The normalized spacial score (nSPS) is 18.3. The molecule has 0 amide bonds. The maximum atomic E-state index is 11.4. The van der Waals surface area contributed by atoms with Crippen LogP contribution in [0.5, 0.6) is 0 Å². The minimum Gasteiger partial charge on any atom is -0.612 e. The number of hydrogen-bond acceptors (Lipinski definition) is 1. The highest BCUT2D eigenvalue weighted by Gasteiger charge is 2.17. The highest BCUT2D eigenvalue weighted by atomic mass is 32.2. The zero-order valence-electron chi connectivity index (χ0n) is 10.9. The first-order valence-corrected chi connectivity index (χ1v) is 7.99. The molecule has 2 unspecified atom stereocenters. The van der Waals surface area contributed by atoms with E-state index in [0.29, 0.717) is 5.92 Å². The lowest BCUT2D eigenvalue weighted by Crippen LogP contribution is -2.00. The van der Waals surface area contributed by atoms with Crippen molar-refractivity contribution in [3.8, 4) is 0 Å². The van der Waals surface area contributed by atoms with Crippen LogP contribution in [0.3, 0.4) is 0 Å². The van der Waals surface area contributed by atoms with E-state index in [2.05, 4.69) is 48.6 Å². The molecule has 19 heavy (non-hydrogen) atoms. The van der Waals surface area contributed by atoms with Crippen LogP contribution in [0.1, 0.15) is 22.6 Å². The van der Waals surface area contributed by atoms with E-state index in [-0.39, 0.29) is 0 Å². The molecule has 0 aliphatic heterocycles. The van der Waals surface area contributed by atoms with Crippen molar-refractivity contribution >= 4 is 17.3 Å². The lowest BCUT2D eigenvalue weighted by Gasteiger charge is -2.11. The number of hydrogen-bond donors (Lipinski definition) is 0. The Morgan fingerprint density at radius 1 is 1.05 bits per heavy atom. The van der Waals surface area contributed by atoms with Gasteiger partial charge in [-0.1, -0.05) is 48.6 Å². The van der Waals surface area contributed by atoms with Crippen molar-refractivity contribution in [1.29, 1.82) is 0 Å². The molecule has 3 rings (SSSR count).